The van der Waals surface area contributed by atoms with Crippen molar-refractivity contribution in [1.29, 1.82) is 0 Å². The van der Waals surface area contributed by atoms with Crippen LogP contribution in [-0.4, -0.2) is 34.5 Å². The lowest BCUT2D eigenvalue weighted by molar-refractivity contribution is 0.180. The third-order valence-corrected chi connectivity index (χ3v) is 3.42. The molecule has 1 aliphatic rings. The summed E-state index contributed by atoms with van der Waals surface area (Å²) >= 11 is 0. The van der Waals surface area contributed by atoms with Crippen molar-refractivity contribution < 1.29 is 5.11 Å². The summed E-state index contributed by atoms with van der Waals surface area (Å²) in [5.41, 5.74) is 5.17. The molecule has 0 aliphatic heterocycles. The van der Waals surface area contributed by atoms with Gasteiger partial charge in [-0.3, -0.25) is 5.10 Å². The summed E-state index contributed by atoms with van der Waals surface area (Å²) in [4.78, 5) is 0. The maximum Gasteiger partial charge on any atom is 0.0659 e. The summed E-state index contributed by atoms with van der Waals surface area (Å²) in [5, 5.41) is 19.6. The molecule has 0 aromatic carbocycles. The molecule has 0 saturated carbocycles. The second-order valence-corrected chi connectivity index (χ2v) is 5.05. The Bertz CT molecular complexity index is 458. The zero-order valence-electron chi connectivity index (χ0n) is 11.7. The number of hydrogen-bond donors (Lipinski definition) is 3. The van der Waals surface area contributed by atoms with Gasteiger partial charge in [-0.15, -0.1) is 0 Å². The van der Waals surface area contributed by atoms with Crippen LogP contribution in [0.2, 0.25) is 0 Å². The Balaban J connectivity index is 1.71. The second-order valence-electron chi connectivity index (χ2n) is 5.05. The average molecular weight is 261 g/mol. The second kappa shape index (κ2) is 6.68. The highest BCUT2D eigenvalue weighted by Gasteiger charge is 2.29. The monoisotopic (exact) mass is 261 g/mol. The number of aliphatic hydroxyl groups is 1. The Morgan fingerprint density at radius 1 is 1.47 bits per heavy atom. The van der Waals surface area contributed by atoms with Crippen LogP contribution in [0.15, 0.2) is 29.5 Å². The first kappa shape index (κ1) is 14.0. The lowest BCUT2D eigenvalue weighted by Crippen LogP contribution is -2.16. The van der Waals surface area contributed by atoms with Crippen LogP contribution in [0, 0.1) is 0 Å². The van der Waals surface area contributed by atoms with E-state index in [0.717, 1.165) is 38.0 Å². The van der Waals surface area contributed by atoms with Crippen LogP contribution in [0.4, 0.5) is 0 Å². The molecular weight excluding hydrogens is 238 g/mol. The van der Waals surface area contributed by atoms with E-state index in [0.29, 0.717) is 0 Å². The number of nitrogens with zero attached hydrogens (tertiary/aromatic N) is 1. The molecule has 0 amide bonds. The largest absolute Gasteiger partial charge is 0.393 e. The van der Waals surface area contributed by atoms with Gasteiger partial charge in [-0.25, -0.2) is 0 Å². The molecule has 0 radical (unpaired) electrons. The number of H-pyrrole nitrogens is 1. The summed E-state index contributed by atoms with van der Waals surface area (Å²) < 4.78 is 0. The molecule has 0 saturated heterocycles. The average Bonchev–Trinajstić information content (AvgIpc) is 2.83. The van der Waals surface area contributed by atoms with Gasteiger partial charge in [-0.1, -0.05) is 6.08 Å². The van der Waals surface area contributed by atoms with Gasteiger partial charge in [0.25, 0.3) is 0 Å². The number of nitrogens with one attached hydrogen (secondary N) is 2. The van der Waals surface area contributed by atoms with E-state index in [9.17, 15) is 0 Å². The number of aromatic amines is 1. The van der Waals surface area contributed by atoms with Gasteiger partial charge in [0.05, 0.1) is 11.8 Å². The van der Waals surface area contributed by atoms with E-state index in [1.807, 2.05) is 13.0 Å². The standard InChI is InChI=1S/C15H23N3O/c1-3-12-13(15(12)14-7-9-17-18-14)10-16-8-5-4-6-11(2)19/h3,7,9,11,16,19H,4-6,8,10H2,1-2H3,(H,17,18)/b12-3+/t11-/m0/s1. The molecule has 1 atom stereocenters. The van der Waals surface area contributed by atoms with Crippen molar-refractivity contribution in [3.8, 4) is 0 Å². The fraction of sp³-hybridized carbons (Fsp3) is 0.533. The highest BCUT2D eigenvalue weighted by molar-refractivity contribution is 6.01. The van der Waals surface area contributed by atoms with Crippen LogP contribution in [0.5, 0.6) is 0 Å². The highest BCUT2D eigenvalue weighted by Crippen LogP contribution is 2.44. The van der Waals surface area contributed by atoms with E-state index in [-0.39, 0.29) is 6.10 Å². The summed E-state index contributed by atoms with van der Waals surface area (Å²) in [5.74, 6) is 0. The first-order chi connectivity index (χ1) is 9.24. The van der Waals surface area contributed by atoms with E-state index in [2.05, 4.69) is 28.5 Å². The fourth-order valence-corrected chi connectivity index (χ4v) is 2.35. The fourth-order valence-electron chi connectivity index (χ4n) is 2.35. The van der Waals surface area contributed by atoms with Gasteiger partial charge < -0.3 is 10.4 Å². The lowest BCUT2D eigenvalue weighted by Gasteiger charge is -2.04. The minimum absolute atomic E-state index is 0.173. The quantitative estimate of drug-likeness (QED) is 0.629. The number of aromatic nitrogens is 2. The first-order valence-electron chi connectivity index (χ1n) is 7.02. The summed E-state index contributed by atoms with van der Waals surface area (Å²) in [6, 6.07) is 2.01. The molecule has 4 heteroatoms. The van der Waals surface area contributed by atoms with Gasteiger partial charge in [0, 0.05) is 18.3 Å². The van der Waals surface area contributed by atoms with E-state index in [1.54, 1.807) is 6.20 Å². The van der Waals surface area contributed by atoms with Crippen molar-refractivity contribution in [2.24, 2.45) is 0 Å². The predicted molar refractivity (Wildman–Crippen MR) is 77.7 cm³/mol. The Morgan fingerprint density at radius 3 is 2.95 bits per heavy atom. The minimum Gasteiger partial charge on any atom is -0.393 e. The Labute approximate surface area is 114 Å². The molecule has 19 heavy (non-hydrogen) atoms. The molecule has 4 nitrogen and oxygen atoms in total. The van der Waals surface area contributed by atoms with Crippen LogP contribution in [0.1, 0.15) is 38.8 Å². The number of unbranched alkanes of at least 4 members (excludes halogenated alkanes) is 1. The zero-order valence-corrected chi connectivity index (χ0v) is 11.7. The van der Waals surface area contributed by atoms with Crippen LogP contribution in [-0.2, 0) is 0 Å². The smallest absolute Gasteiger partial charge is 0.0659 e. The topological polar surface area (TPSA) is 60.9 Å². The van der Waals surface area contributed by atoms with Gasteiger partial charge in [-0.2, -0.15) is 5.10 Å². The molecule has 1 aliphatic carbocycles. The number of hydrogen-bond acceptors (Lipinski definition) is 3. The number of rotatable bonds is 8. The zero-order chi connectivity index (χ0) is 13.7. The Kier molecular flexibility index (Phi) is 4.93. The number of aliphatic hydroxyl groups excluding tert-OH is 1. The van der Waals surface area contributed by atoms with Crippen molar-refractivity contribution >= 4 is 5.57 Å². The van der Waals surface area contributed by atoms with E-state index >= 15 is 0 Å². The van der Waals surface area contributed by atoms with Gasteiger partial charge in [0.2, 0.25) is 0 Å². The van der Waals surface area contributed by atoms with Crippen molar-refractivity contribution in [3.05, 3.63) is 35.2 Å². The predicted octanol–water partition coefficient (Wildman–Crippen LogP) is 2.26. The van der Waals surface area contributed by atoms with Crippen molar-refractivity contribution in [1.82, 2.24) is 15.5 Å². The maximum atomic E-state index is 9.17. The third-order valence-electron chi connectivity index (χ3n) is 3.42. The van der Waals surface area contributed by atoms with Crippen molar-refractivity contribution in [2.75, 3.05) is 13.1 Å². The molecule has 1 aromatic rings. The van der Waals surface area contributed by atoms with Gasteiger partial charge in [0.1, 0.15) is 0 Å². The van der Waals surface area contributed by atoms with Crippen LogP contribution in [0.3, 0.4) is 0 Å². The van der Waals surface area contributed by atoms with E-state index < -0.39 is 0 Å². The molecule has 0 fully saturated rings. The Hall–Kier alpha value is -1.39. The molecule has 0 unspecified atom stereocenters. The van der Waals surface area contributed by atoms with Gasteiger partial charge in [-0.05, 0) is 56.9 Å². The van der Waals surface area contributed by atoms with E-state index in [1.165, 1.54) is 16.7 Å². The van der Waals surface area contributed by atoms with Crippen LogP contribution < -0.4 is 5.32 Å². The summed E-state index contributed by atoms with van der Waals surface area (Å²) in [6.07, 6.45) is 6.85. The molecular formula is C15H23N3O. The van der Waals surface area contributed by atoms with Crippen LogP contribution >= 0.6 is 0 Å². The molecule has 1 aromatic heterocycles. The SMILES string of the molecule is C/C=C1C(CNCCCC[C@H](C)O)=C\1c1ccn[nH]1. The number of allylic oxidation sites excluding steroid dienone is 2. The molecule has 2 rings (SSSR count). The van der Waals surface area contributed by atoms with Gasteiger partial charge >= 0.3 is 0 Å². The molecule has 104 valence electrons. The first-order valence-corrected chi connectivity index (χ1v) is 7.02. The van der Waals surface area contributed by atoms with Crippen molar-refractivity contribution in [3.63, 3.8) is 0 Å². The third kappa shape index (κ3) is 3.78. The summed E-state index contributed by atoms with van der Waals surface area (Å²) in [7, 11) is 0. The molecule has 1 heterocycles. The molecule has 3 N–H and O–H groups in total. The van der Waals surface area contributed by atoms with Crippen LogP contribution in [0.25, 0.3) is 5.57 Å². The summed E-state index contributed by atoms with van der Waals surface area (Å²) in [6.45, 7) is 5.84. The minimum atomic E-state index is -0.173. The van der Waals surface area contributed by atoms with Gasteiger partial charge in [0.15, 0.2) is 0 Å². The lowest BCUT2D eigenvalue weighted by atomic mass is 10.2. The Morgan fingerprint density at radius 2 is 2.32 bits per heavy atom. The van der Waals surface area contributed by atoms with Crippen molar-refractivity contribution in [2.45, 2.75) is 39.2 Å². The molecule has 0 bridgehead atoms. The highest BCUT2D eigenvalue weighted by atomic mass is 16.3. The molecule has 0 spiro atoms. The normalized spacial score (nSPS) is 18.2. The maximum absolute atomic E-state index is 9.17. The van der Waals surface area contributed by atoms with E-state index in [4.69, 9.17) is 5.11 Å².